The number of aromatic nitrogens is 6. The molecule has 5 aromatic rings. The van der Waals surface area contributed by atoms with Gasteiger partial charge in [0, 0.05) is 25.5 Å². The molecule has 0 amide bonds. The summed E-state index contributed by atoms with van der Waals surface area (Å²) in [4.78, 5) is 47.5. The van der Waals surface area contributed by atoms with Crippen molar-refractivity contribution >= 4 is 29.9 Å². The van der Waals surface area contributed by atoms with Gasteiger partial charge in [0.15, 0.2) is 10.8 Å². The first-order chi connectivity index (χ1) is 27.1. The molecule has 0 aliphatic heterocycles. The average molecular weight is 794 g/mol. The van der Waals surface area contributed by atoms with E-state index < -0.39 is 30.0 Å². The SMILES string of the molecule is CCCCc1nc(Cl)c(C(=O)OC(C)OC(=O)OCC)n1Cc1ccc(-c2ccccc2-c2nnn(COC(=O)OCc3ccccc3CON(O)O)n2)cc1. The van der Waals surface area contributed by atoms with Crippen LogP contribution in [-0.4, -0.2) is 76.7 Å². The molecule has 0 saturated carbocycles. The number of carbonyl (C=O) groups excluding carboxylic acids is 3. The van der Waals surface area contributed by atoms with Gasteiger partial charge in [0.1, 0.15) is 12.4 Å². The van der Waals surface area contributed by atoms with Crippen LogP contribution >= 0.6 is 11.6 Å². The van der Waals surface area contributed by atoms with Gasteiger partial charge in [-0.2, -0.15) is 0 Å². The van der Waals surface area contributed by atoms with Gasteiger partial charge in [-0.15, -0.1) is 15.0 Å². The van der Waals surface area contributed by atoms with Crippen molar-refractivity contribution in [3.05, 3.63) is 106 Å². The van der Waals surface area contributed by atoms with Gasteiger partial charge in [0.05, 0.1) is 18.6 Å². The molecule has 296 valence electrons. The zero-order chi connectivity index (χ0) is 40.0. The van der Waals surface area contributed by atoms with E-state index in [-0.39, 0.29) is 49.8 Å². The Labute approximate surface area is 325 Å². The number of nitrogens with zero attached hydrogens (tertiary/aromatic N) is 7. The van der Waals surface area contributed by atoms with Crippen LogP contribution < -0.4 is 0 Å². The van der Waals surface area contributed by atoms with Crippen LogP contribution in [-0.2, 0) is 61.4 Å². The van der Waals surface area contributed by atoms with E-state index in [9.17, 15) is 14.4 Å². The molecule has 2 heterocycles. The summed E-state index contributed by atoms with van der Waals surface area (Å²) >= 11 is 6.47. The zero-order valence-electron chi connectivity index (χ0n) is 30.7. The quantitative estimate of drug-likeness (QED) is 0.0407. The lowest BCUT2D eigenvalue weighted by Gasteiger charge is -2.16. The zero-order valence-corrected chi connectivity index (χ0v) is 31.5. The van der Waals surface area contributed by atoms with Crippen molar-refractivity contribution in [2.45, 2.75) is 72.8 Å². The van der Waals surface area contributed by atoms with Crippen LogP contribution in [0.25, 0.3) is 22.5 Å². The van der Waals surface area contributed by atoms with Gasteiger partial charge >= 0.3 is 18.3 Å². The molecule has 2 aromatic heterocycles. The molecule has 3 aromatic carbocycles. The maximum Gasteiger partial charge on any atom is 0.511 e. The molecular formula is C37H40ClN7O11. The maximum atomic E-state index is 13.3. The molecule has 0 bridgehead atoms. The highest BCUT2D eigenvalue weighted by Crippen LogP contribution is 2.31. The van der Waals surface area contributed by atoms with Crippen molar-refractivity contribution in [1.29, 1.82) is 0 Å². The summed E-state index contributed by atoms with van der Waals surface area (Å²) in [5.74, 6) is 0.0940. The molecule has 19 heteroatoms. The average Bonchev–Trinajstić information content (AvgIpc) is 3.78. The number of esters is 1. The molecule has 0 fully saturated rings. The first-order valence-corrected chi connectivity index (χ1v) is 17.9. The topological polar surface area (TPSA) is 212 Å². The summed E-state index contributed by atoms with van der Waals surface area (Å²) in [5, 5.41) is 29.8. The largest absolute Gasteiger partial charge is 0.511 e. The van der Waals surface area contributed by atoms with Crippen LogP contribution in [0.15, 0.2) is 72.8 Å². The fourth-order valence-electron chi connectivity index (χ4n) is 5.44. The van der Waals surface area contributed by atoms with Crippen LogP contribution in [0.2, 0.25) is 5.15 Å². The van der Waals surface area contributed by atoms with Gasteiger partial charge in [-0.25, -0.2) is 24.2 Å². The van der Waals surface area contributed by atoms with Gasteiger partial charge in [0.25, 0.3) is 0 Å². The molecular weight excluding hydrogens is 754 g/mol. The first-order valence-electron chi connectivity index (χ1n) is 17.5. The minimum absolute atomic E-state index is 0.0229. The normalized spacial score (nSPS) is 11.6. The van der Waals surface area contributed by atoms with E-state index in [1.165, 1.54) is 6.92 Å². The van der Waals surface area contributed by atoms with E-state index in [4.69, 9.17) is 45.7 Å². The van der Waals surface area contributed by atoms with Crippen molar-refractivity contribution < 1.29 is 53.3 Å². The third kappa shape index (κ3) is 11.3. The second-order valence-corrected chi connectivity index (χ2v) is 12.3. The number of hydrogen-bond donors (Lipinski definition) is 2. The molecule has 0 aliphatic rings. The Kier molecular flexibility index (Phi) is 14.8. The lowest BCUT2D eigenvalue weighted by atomic mass is 9.98. The molecule has 2 N–H and O–H groups in total. The van der Waals surface area contributed by atoms with Crippen molar-refractivity contribution in [2.75, 3.05) is 6.61 Å². The Balaban J connectivity index is 1.25. The molecule has 1 atom stereocenters. The Hall–Kier alpha value is -5.92. The summed E-state index contributed by atoms with van der Waals surface area (Å²) in [7, 11) is 0. The molecule has 5 rings (SSSR count). The Bertz CT molecular complexity index is 2090. The van der Waals surface area contributed by atoms with Gasteiger partial charge in [-0.3, -0.25) is 10.4 Å². The van der Waals surface area contributed by atoms with Crippen molar-refractivity contribution in [3.63, 3.8) is 0 Å². The lowest BCUT2D eigenvalue weighted by Crippen LogP contribution is -2.24. The molecule has 56 heavy (non-hydrogen) atoms. The monoisotopic (exact) mass is 793 g/mol. The van der Waals surface area contributed by atoms with E-state index in [0.717, 1.165) is 34.3 Å². The van der Waals surface area contributed by atoms with Crippen LogP contribution in [0.3, 0.4) is 0 Å². The van der Waals surface area contributed by atoms with Gasteiger partial charge in [-0.05, 0) is 46.4 Å². The first kappa shape index (κ1) is 41.2. The van der Waals surface area contributed by atoms with Crippen molar-refractivity contribution in [2.24, 2.45) is 0 Å². The summed E-state index contributed by atoms with van der Waals surface area (Å²) in [6.45, 7) is 4.73. The molecule has 0 radical (unpaired) electrons. The number of benzene rings is 3. The Morgan fingerprint density at radius 3 is 2.25 bits per heavy atom. The highest BCUT2D eigenvalue weighted by molar-refractivity contribution is 6.32. The van der Waals surface area contributed by atoms with E-state index >= 15 is 0 Å². The summed E-state index contributed by atoms with van der Waals surface area (Å²) in [6, 6.07) is 21.9. The second kappa shape index (κ2) is 20.1. The number of aryl methyl sites for hydroxylation is 1. The highest BCUT2D eigenvalue weighted by Gasteiger charge is 2.26. The minimum Gasteiger partial charge on any atom is -0.435 e. The second-order valence-electron chi connectivity index (χ2n) is 12.0. The van der Waals surface area contributed by atoms with E-state index in [1.807, 2.05) is 55.5 Å². The lowest BCUT2D eigenvalue weighted by molar-refractivity contribution is -0.497. The third-order valence-corrected chi connectivity index (χ3v) is 8.34. The van der Waals surface area contributed by atoms with Crippen LogP contribution in [0, 0.1) is 0 Å². The molecule has 18 nitrogen and oxygen atoms in total. The van der Waals surface area contributed by atoms with E-state index in [2.05, 4.69) is 25.2 Å². The van der Waals surface area contributed by atoms with Crippen LogP contribution in [0.1, 0.15) is 66.6 Å². The molecule has 0 spiro atoms. The molecule has 0 aliphatic carbocycles. The number of unbranched alkanes of at least 4 members (excludes halogenated alkanes) is 1. The van der Waals surface area contributed by atoms with Gasteiger partial charge in [0.2, 0.25) is 18.8 Å². The van der Waals surface area contributed by atoms with Crippen LogP contribution in [0.5, 0.6) is 0 Å². The van der Waals surface area contributed by atoms with E-state index in [0.29, 0.717) is 28.9 Å². The summed E-state index contributed by atoms with van der Waals surface area (Å²) in [5.41, 5.74) is 4.33. The standard InChI is InChI=1S/C37H40ClN7O11/c1-4-6-15-31-39-33(38)32(35(46)55-24(3)56-37(48)51-5-2)43(31)20-25-16-18-26(19-17-25)29-13-9-10-14-30(29)34-40-42-44(41-34)23-53-36(47)52-21-27-11-7-8-12-28(27)22-54-45(49)50/h7-14,16-19,24,49-50H,4-6,15,20-23H2,1-3H3. The summed E-state index contributed by atoms with van der Waals surface area (Å²) in [6.07, 6.45) is -0.882. The number of tetrazole rings is 1. The number of rotatable bonds is 18. The molecule has 1 unspecified atom stereocenters. The van der Waals surface area contributed by atoms with Crippen molar-refractivity contribution in [3.8, 4) is 22.5 Å². The number of ether oxygens (including phenoxy) is 5. The summed E-state index contributed by atoms with van der Waals surface area (Å²) < 4.78 is 27.2. The fourth-order valence-corrected chi connectivity index (χ4v) is 5.72. The van der Waals surface area contributed by atoms with Crippen LogP contribution in [0.4, 0.5) is 9.59 Å². The molecule has 0 saturated heterocycles. The van der Waals surface area contributed by atoms with Crippen molar-refractivity contribution in [1.82, 2.24) is 35.1 Å². The maximum absolute atomic E-state index is 13.3. The minimum atomic E-state index is -1.23. The Morgan fingerprint density at radius 1 is 0.857 bits per heavy atom. The number of carbonyl (C=O) groups is 3. The third-order valence-electron chi connectivity index (χ3n) is 8.07. The predicted octanol–water partition coefficient (Wildman–Crippen LogP) is 6.75. The predicted molar refractivity (Wildman–Crippen MR) is 195 cm³/mol. The van der Waals surface area contributed by atoms with Gasteiger partial charge < -0.3 is 28.3 Å². The number of imidazole rings is 1. The number of hydrogen-bond acceptors (Lipinski definition) is 16. The Morgan fingerprint density at radius 2 is 1.55 bits per heavy atom. The van der Waals surface area contributed by atoms with E-state index in [1.54, 1.807) is 35.8 Å². The number of halogens is 1. The van der Waals surface area contributed by atoms with Gasteiger partial charge in [-0.1, -0.05) is 97.7 Å². The highest BCUT2D eigenvalue weighted by atomic mass is 35.5. The fraction of sp³-hybridized carbons (Fsp3) is 0.324. The smallest absolute Gasteiger partial charge is 0.435 e.